The van der Waals surface area contributed by atoms with Crippen molar-refractivity contribution in [2.45, 2.75) is 25.9 Å². The Bertz CT molecular complexity index is 866. The Kier molecular flexibility index (Phi) is 5.81. The highest BCUT2D eigenvalue weighted by atomic mass is 16.2. The molecule has 1 N–H and O–H groups in total. The standard InChI is InChI=1S/C22H24N4O/c1-16(18-4-6-20(7-5-18)21-10-14-24-15-11-21)25-22(27)26(3)17(2)19-8-12-23-13-9-19/h4-17H,1-3H3,(H,25,27). The Labute approximate surface area is 160 Å². The molecule has 0 bridgehead atoms. The van der Waals surface area contributed by atoms with Crippen LogP contribution in [-0.2, 0) is 0 Å². The van der Waals surface area contributed by atoms with Crippen LogP contribution in [0.5, 0.6) is 0 Å². The first-order valence-electron chi connectivity index (χ1n) is 9.00. The molecule has 2 aromatic heterocycles. The fraction of sp³-hybridized carbons (Fsp3) is 0.227. The van der Waals surface area contributed by atoms with Crippen molar-refractivity contribution in [2.24, 2.45) is 0 Å². The second-order valence-electron chi connectivity index (χ2n) is 6.60. The summed E-state index contributed by atoms with van der Waals surface area (Å²) in [6.45, 7) is 3.99. The number of rotatable bonds is 5. The summed E-state index contributed by atoms with van der Waals surface area (Å²) in [7, 11) is 1.81. The number of aromatic nitrogens is 2. The van der Waals surface area contributed by atoms with E-state index >= 15 is 0 Å². The smallest absolute Gasteiger partial charge is 0.318 e. The fourth-order valence-electron chi connectivity index (χ4n) is 2.92. The lowest BCUT2D eigenvalue weighted by molar-refractivity contribution is 0.191. The van der Waals surface area contributed by atoms with Gasteiger partial charge in [0.05, 0.1) is 12.1 Å². The van der Waals surface area contributed by atoms with Crippen LogP contribution in [0.4, 0.5) is 4.79 Å². The van der Waals surface area contributed by atoms with Gasteiger partial charge in [0.15, 0.2) is 0 Å². The molecule has 0 radical (unpaired) electrons. The summed E-state index contributed by atoms with van der Waals surface area (Å²) in [5, 5.41) is 3.07. The normalized spacial score (nSPS) is 12.9. The summed E-state index contributed by atoms with van der Waals surface area (Å²) >= 11 is 0. The topological polar surface area (TPSA) is 58.1 Å². The lowest BCUT2D eigenvalue weighted by atomic mass is 10.0. The number of nitrogens with zero attached hydrogens (tertiary/aromatic N) is 3. The number of pyridine rings is 2. The van der Waals surface area contributed by atoms with Gasteiger partial charge in [0.25, 0.3) is 0 Å². The molecular weight excluding hydrogens is 336 g/mol. The van der Waals surface area contributed by atoms with E-state index in [1.54, 1.807) is 36.7 Å². The van der Waals surface area contributed by atoms with Gasteiger partial charge >= 0.3 is 6.03 Å². The van der Waals surface area contributed by atoms with Crippen molar-refractivity contribution in [3.63, 3.8) is 0 Å². The highest BCUT2D eigenvalue weighted by Crippen LogP contribution is 2.22. The number of carbonyl (C=O) groups excluding carboxylic acids is 1. The molecule has 3 aromatic rings. The fourth-order valence-corrected chi connectivity index (χ4v) is 2.92. The molecule has 0 spiro atoms. The maximum Gasteiger partial charge on any atom is 0.318 e. The average Bonchev–Trinajstić information content (AvgIpc) is 2.74. The van der Waals surface area contributed by atoms with Crippen molar-refractivity contribution >= 4 is 6.03 Å². The summed E-state index contributed by atoms with van der Waals surface area (Å²) in [5.74, 6) is 0. The number of carbonyl (C=O) groups is 1. The maximum absolute atomic E-state index is 12.6. The van der Waals surface area contributed by atoms with Gasteiger partial charge in [-0.2, -0.15) is 0 Å². The van der Waals surface area contributed by atoms with Crippen molar-refractivity contribution in [1.29, 1.82) is 0 Å². The second-order valence-corrected chi connectivity index (χ2v) is 6.60. The van der Waals surface area contributed by atoms with Crippen LogP contribution < -0.4 is 5.32 Å². The molecule has 27 heavy (non-hydrogen) atoms. The van der Waals surface area contributed by atoms with Gasteiger partial charge < -0.3 is 10.2 Å². The molecule has 5 nitrogen and oxygen atoms in total. The lowest BCUT2D eigenvalue weighted by Crippen LogP contribution is -2.39. The largest absolute Gasteiger partial charge is 0.331 e. The zero-order valence-electron chi connectivity index (χ0n) is 15.8. The third-order valence-corrected chi connectivity index (χ3v) is 4.85. The van der Waals surface area contributed by atoms with E-state index < -0.39 is 0 Å². The van der Waals surface area contributed by atoms with Crippen LogP contribution in [0.3, 0.4) is 0 Å². The molecule has 3 rings (SSSR count). The second kappa shape index (κ2) is 8.45. The van der Waals surface area contributed by atoms with E-state index in [2.05, 4.69) is 27.4 Å². The summed E-state index contributed by atoms with van der Waals surface area (Å²) in [6.07, 6.45) is 7.05. The zero-order valence-corrected chi connectivity index (χ0v) is 15.8. The first-order valence-corrected chi connectivity index (χ1v) is 9.00. The van der Waals surface area contributed by atoms with Gasteiger partial charge in [-0.05, 0) is 60.4 Å². The molecule has 2 unspecified atom stereocenters. The van der Waals surface area contributed by atoms with Crippen LogP contribution in [0.25, 0.3) is 11.1 Å². The van der Waals surface area contributed by atoms with Crippen LogP contribution in [0.15, 0.2) is 73.3 Å². The summed E-state index contributed by atoms with van der Waals surface area (Å²) in [5.41, 5.74) is 4.37. The van der Waals surface area contributed by atoms with Crippen molar-refractivity contribution in [3.05, 3.63) is 84.4 Å². The van der Waals surface area contributed by atoms with Crippen LogP contribution in [-0.4, -0.2) is 27.9 Å². The highest BCUT2D eigenvalue weighted by molar-refractivity contribution is 5.75. The van der Waals surface area contributed by atoms with Crippen LogP contribution in [0.2, 0.25) is 0 Å². The summed E-state index contributed by atoms with van der Waals surface area (Å²) < 4.78 is 0. The minimum atomic E-state index is -0.106. The van der Waals surface area contributed by atoms with Gasteiger partial charge in [0.1, 0.15) is 0 Å². The predicted molar refractivity (Wildman–Crippen MR) is 107 cm³/mol. The average molecular weight is 360 g/mol. The van der Waals surface area contributed by atoms with E-state index in [9.17, 15) is 4.79 Å². The molecule has 138 valence electrons. The van der Waals surface area contributed by atoms with Gasteiger partial charge in [-0.1, -0.05) is 24.3 Å². The third-order valence-electron chi connectivity index (χ3n) is 4.85. The van der Waals surface area contributed by atoms with E-state index in [1.165, 1.54) is 0 Å². The van der Waals surface area contributed by atoms with E-state index in [0.717, 1.165) is 22.3 Å². The molecule has 0 aliphatic rings. The molecule has 2 atom stereocenters. The Balaban J connectivity index is 1.64. The number of hydrogen-bond acceptors (Lipinski definition) is 3. The number of hydrogen-bond donors (Lipinski definition) is 1. The Morgan fingerprint density at radius 1 is 0.815 bits per heavy atom. The van der Waals surface area contributed by atoms with Crippen LogP contribution in [0, 0.1) is 0 Å². The molecule has 2 heterocycles. The molecule has 5 heteroatoms. The highest BCUT2D eigenvalue weighted by Gasteiger charge is 2.19. The zero-order chi connectivity index (χ0) is 19.2. The lowest BCUT2D eigenvalue weighted by Gasteiger charge is -2.27. The number of benzene rings is 1. The van der Waals surface area contributed by atoms with E-state index in [0.29, 0.717) is 0 Å². The van der Waals surface area contributed by atoms with Gasteiger partial charge in [0, 0.05) is 31.8 Å². The third kappa shape index (κ3) is 4.50. The van der Waals surface area contributed by atoms with E-state index in [-0.39, 0.29) is 18.1 Å². The molecular formula is C22H24N4O. The minimum absolute atomic E-state index is 0.0331. The van der Waals surface area contributed by atoms with Crippen molar-refractivity contribution in [3.8, 4) is 11.1 Å². The molecule has 0 aliphatic heterocycles. The molecule has 2 amide bonds. The number of urea groups is 1. The van der Waals surface area contributed by atoms with Gasteiger partial charge in [0.2, 0.25) is 0 Å². The van der Waals surface area contributed by atoms with Gasteiger partial charge in [-0.25, -0.2) is 4.79 Å². The molecule has 0 aliphatic carbocycles. The predicted octanol–water partition coefficient (Wildman–Crippen LogP) is 4.61. The Morgan fingerprint density at radius 2 is 1.33 bits per heavy atom. The van der Waals surface area contributed by atoms with Crippen molar-refractivity contribution in [1.82, 2.24) is 20.2 Å². The number of nitrogens with one attached hydrogen (secondary N) is 1. The van der Waals surface area contributed by atoms with Crippen molar-refractivity contribution < 1.29 is 4.79 Å². The summed E-state index contributed by atoms with van der Waals surface area (Å²) in [6, 6.07) is 15.8. The molecule has 0 fully saturated rings. The van der Waals surface area contributed by atoms with Gasteiger partial charge in [-0.15, -0.1) is 0 Å². The van der Waals surface area contributed by atoms with E-state index in [4.69, 9.17) is 0 Å². The SMILES string of the molecule is CC(NC(=O)N(C)C(C)c1ccncc1)c1ccc(-c2ccncc2)cc1. The maximum atomic E-state index is 12.6. The summed E-state index contributed by atoms with van der Waals surface area (Å²) in [4.78, 5) is 22.4. The molecule has 1 aromatic carbocycles. The minimum Gasteiger partial charge on any atom is -0.331 e. The van der Waals surface area contributed by atoms with E-state index in [1.807, 2.05) is 50.2 Å². The van der Waals surface area contributed by atoms with Crippen LogP contribution >= 0.6 is 0 Å². The first kappa shape index (κ1) is 18.6. The van der Waals surface area contributed by atoms with Crippen LogP contribution in [0.1, 0.15) is 37.1 Å². The van der Waals surface area contributed by atoms with Gasteiger partial charge in [-0.3, -0.25) is 9.97 Å². The first-order chi connectivity index (χ1) is 13.1. The molecule has 0 saturated heterocycles. The Hall–Kier alpha value is -3.21. The quantitative estimate of drug-likeness (QED) is 0.723. The Morgan fingerprint density at radius 3 is 1.93 bits per heavy atom. The monoisotopic (exact) mass is 360 g/mol. The molecule has 0 saturated carbocycles. The van der Waals surface area contributed by atoms with Crippen molar-refractivity contribution in [2.75, 3.05) is 7.05 Å². The number of amides is 2.